The lowest BCUT2D eigenvalue weighted by molar-refractivity contribution is 0.0500. The molecule has 7 heteroatoms. The molecule has 2 saturated heterocycles. The molecule has 0 bridgehead atoms. The Balaban J connectivity index is 1.47. The van der Waals surface area contributed by atoms with E-state index in [1.165, 1.54) is 23.5 Å². The molecular weight excluding hydrogens is 371 g/mol. The van der Waals surface area contributed by atoms with Gasteiger partial charge in [0.2, 0.25) is 0 Å². The summed E-state index contributed by atoms with van der Waals surface area (Å²) in [6, 6.07) is 9.59. The Bertz CT molecular complexity index is 817. The van der Waals surface area contributed by atoms with Crippen molar-refractivity contribution in [2.75, 3.05) is 25.4 Å². The summed E-state index contributed by atoms with van der Waals surface area (Å²) in [6.45, 7) is 1.91. The molecule has 2 amide bonds. The molecule has 26 heavy (non-hydrogen) atoms. The highest BCUT2D eigenvalue weighted by Crippen LogP contribution is 2.44. The number of benzene rings is 1. The van der Waals surface area contributed by atoms with Crippen LogP contribution in [0.5, 0.6) is 0 Å². The second kappa shape index (κ2) is 7.04. The lowest BCUT2D eigenvalue weighted by Crippen LogP contribution is -2.53. The van der Waals surface area contributed by atoms with Gasteiger partial charge in [-0.05, 0) is 42.5 Å². The minimum atomic E-state index is -0.400. The standard InChI is InChI=1S/C19H19FN2O2S2/c20-15-4-1-3-14(13-15)17(23)21-8-6-19(7-9-21)22(10-12-26-19)18(24)16-5-2-11-25-16/h1-5,11,13H,6-10,12H2. The van der Waals surface area contributed by atoms with Crippen LogP contribution in [0.3, 0.4) is 0 Å². The highest BCUT2D eigenvalue weighted by molar-refractivity contribution is 8.00. The van der Waals surface area contributed by atoms with E-state index in [1.807, 2.05) is 34.2 Å². The molecule has 0 atom stereocenters. The number of thiophene rings is 1. The van der Waals surface area contributed by atoms with Gasteiger partial charge in [0.15, 0.2) is 0 Å². The molecular formula is C19H19FN2O2S2. The Morgan fingerprint density at radius 2 is 1.85 bits per heavy atom. The monoisotopic (exact) mass is 390 g/mol. The maximum Gasteiger partial charge on any atom is 0.265 e. The Hall–Kier alpha value is -1.86. The number of thioether (sulfide) groups is 1. The quantitative estimate of drug-likeness (QED) is 0.785. The smallest absolute Gasteiger partial charge is 0.265 e. The summed E-state index contributed by atoms with van der Waals surface area (Å²) in [5.74, 6) is 0.478. The molecule has 0 saturated carbocycles. The van der Waals surface area contributed by atoms with Gasteiger partial charge in [0.05, 0.1) is 9.75 Å². The van der Waals surface area contributed by atoms with Gasteiger partial charge in [-0.2, -0.15) is 0 Å². The largest absolute Gasteiger partial charge is 0.338 e. The van der Waals surface area contributed by atoms with Crippen molar-refractivity contribution in [2.24, 2.45) is 0 Å². The minimum Gasteiger partial charge on any atom is -0.338 e. The molecule has 2 aliphatic rings. The van der Waals surface area contributed by atoms with Crippen LogP contribution in [-0.4, -0.2) is 51.9 Å². The Labute approximate surface area is 160 Å². The van der Waals surface area contributed by atoms with Gasteiger partial charge in [0.25, 0.3) is 11.8 Å². The average molecular weight is 391 g/mol. The average Bonchev–Trinajstić information content (AvgIpc) is 3.32. The number of carbonyl (C=O) groups excluding carboxylic acids is 2. The predicted octanol–water partition coefficient (Wildman–Crippen LogP) is 3.71. The van der Waals surface area contributed by atoms with Gasteiger partial charge >= 0.3 is 0 Å². The van der Waals surface area contributed by atoms with Gasteiger partial charge < -0.3 is 9.80 Å². The molecule has 4 nitrogen and oxygen atoms in total. The van der Waals surface area contributed by atoms with Gasteiger partial charge in [-0.3, -0.25) is 9.59 Å². The molecule has 0 N–H and O–H groups in total. The lowest BCUT2D eigenvalue weighted by atomic mass is 10.0. The van der Waals surface area contributed by atoms with E-state index in [9.17, 15) is 14.0 Å². The van der Waals surface area contributed by atoms with E-state index in [-0.39, 0.29) is 16.7 Å². The molecule has 1 aromatic carbocycles. The molecule has 2 aromatic rings. The first-order valence-corrected chi connectivity index (χ1v) is 10.5. The van der Waals surface area contributed by atoms with E-state index < -0.39 is 5.82 Å². The van der Waals surface area contributed by atoms with Crippen LogP contribution in [0.25, 0.3) is 0 Å². The van der Waals surface area contributed by atoms with Crippen molar-refractivity contribution in [1.29, 1.82) is 0 Å². The summed E-state index contributed by atoms with van der Waals surface area (Å²) in [4.78, 5) is 29.8. The first-order chi connectivity index (χ1) is 12.6. The van der Waals surface area contributed by atoms with Crippen molar-refractivity contribution < 1.29 is 14.0 Å². The molecule has 2 fully saturated rings. The summed E-state index contributed by atoms with van der Waals surface area (Å²) in [6.07, 6.45) is 1.49. The van der Waals surface area contributed by atoms with E-state index >= 15 is 0 Å². The van der Waals surface area contributed by atoms with E-state index in [4.69, 9.17) is 0 Å². The lowest BCUT2D eigenvalue weighted by Gasteiger charge is -2.44. The van der Waals surface area contributed by atoms with Gasteiger partial charge in [-0.1, -0.05) is 12.1 Å². The van der Waals surface area contributed by atoms with Crippen LogP contribution in [0.1, 0.15) is 32.9 Å². The topological polar surface area (TPSA) is 40.6 Å². The van der Waals surface area contributed by atoms with Crippen molar-refractivity contribution in [2.45, 2.75) is 17.7 Å². The van der Waals surface area contributed by atoms with Crippen molar-refractivity contribution in [3.8, 4) is 0 Å². The number of nitrogens with zero attached hydrogens (tertiary/aromatic N) is 2. The number of piperidine rings is 1. The maximum atomic E-state index is 13.4. The summed E-state index contributed by atoms with van der Waals surface area (Å²) in [5, 5.41) is 1.92. The number of likely N-dealkylation sites (tertiary alicyclic amines) is 1. The number of rotatable bonds is 2. The van der Waals surface area contributed by atoms with Crippen LogP contribution in [0.15, 0.2) is 41.8 Å². The second-order valence-corrected chi connectivity index (χ2v) is 8.94. The first kappa shape index (κ1) is 17.5. The Kier molecular flexibility index (Phi) is 4.75. The molecule has 2 aliphatic heterocycles. The summed E-state index contributed by atoms with van der Waals surface area (Å²) < 4.78 is 13.4. The third kappa shape index (κ3) is 3.14. The third-order valence-electron chi connectivity index (χ3n) is 5.06. The molecule has 0 aliphatic carbocycles. The van der Waals surface area contributed by atoms with E-state index in [1.54, 1.807) is 17.0 Å². The fourth-order valence-corrected chi connectivity index (χ4v) is 5.83. The predicted molar refractivity (Wildman–Crippen MR) is 102 cm³/mol. The second-order valence-electron chi connectivity index (χ2n) is 6.53. The van der Waals surface area contributed by atoms with Gasteiger partial charge in [-0.15, -0.1) is 23.1 Å². The minimum absolute atomic E-state index is 0.0925. The number of amides is 2. The van der Waals surface area contributed by atoms with Crippen LogP contribution < -0.4 is 0 Å². The van der Waals surface area contributed by atoms with E-state index in [0.29, 0.717) is 18.7 Å². The fourth-order valence-electron chi connectivity index (χ4n) is 3.71. The zero-order valence-corrected chi connectivity index (χ0v) is 15.8. The number of carbonyl (C=O) groups is 2. The molecule has 4 rings (SSSR count). The SMILES string of the molecule is O=C(c1cccc(F)c1)N1CCC2(CC1)SCCN2C(=O)c1cccs1. The number of hydrogen-bond acceptors (Lipinski definition) is 4. The van der Waals surface area contributed by atoms with Gasteiger partial charge in [0.1, 0.15) is 5.82 Å². The zero-order valence-electron chi connectivity index (χ0n) is 14.2. The van der Waals surface area contributed by atoms with Crippen LogP contribution in [0.4, 0.5) is 4.39 Å². The highest BCUT2D eigenvalue weighted by atomic mass is 32.2. The number of hydrogen-bond donors (Lipinski definition) is 0. The first-order valence-electron chi connectivity index (χ1n) is 8.63. The van der Waals surface area contributed by atoms with E-state index in [0.717, 1.165) is 30.0 Å². The van der Waals surface area contributed by atoms with Crippen LogP contribution in [0, 0.1) is 5.82 Å². The molecule has 136 valence electrons. The van der Waals surface area contributed by atoms with Gasteiger partial charge in [0, 0.05) is 31.0 Å². The molecule has 0 radical (unpaired) electrons. The normalized spacial score (nSPS) is 19.1. The fraction of sp³-hybridized carbons (Fsp3) is 0.368. The van der Waals surface area contributed by atoms with Gasteiger partial charge in [-0.25, -0.2) is 4.39 Å². The van der Waals surface area contributed by atoms with Crippen LogP contribution in [-0.2, 0) is 0 Å². The van der Waals surface area contributed by atoms with Crippen LogP contribution >= 0.6 is 23.1 Å². The van der Waals surface area contributed by atoms with Crippen LogP contribution in [0.2, 0.25) is 0 Å². The van der Waals surface area contributed by atoms with Crippen molar-refractivity contribution in [1.82, 2.24) is 9.80 Å². The number of halogens is 1. The molecule has 1 spiro atoms. The van der Waals surface area contributed by atoms with E-state index in [2.05, 4.69) is 0 Å². The van der Waals surface area contributed by atoms with Crippen molar-refractivity contribution in [3.05, 3.63) is 58.0 Å². The Morgan fingerprint density at radius 1 is 1.04 bits per heavy atom. The maximum absolute atomic E-state index is 13.4. The van der Waals surface area contributed by atoms with Crippen molar-refractivity contribution in [3.63, 3.8) is 0 Å². The molecule has 0 unspecified atom stereocenters. The third-order valence-corrected chi connectivity index (χ3v) is 7.47. The molecule has 3 heterocycles. The summed E-state index contributed by atoms with van der Waals surface area (Å²) in [5.41, 5.74) is 0.381. The zero-order chi connectivity index (χ0) is 18.1. The highest BCUT2D eigenvalue weighted by Gasteiger charge is 2.47. The molecule has 1 aromatic heterocycles. The summed E-state index contributed by atoms with van der Waals surface area (Å²) in [7, 11) is 0. The Morgan fingerprint density at radius 3 is 2.54 bits per heavy atom. The summed E-state index contributed by atoms with van der Waals surface area (Å²) >= 11 is 3.29. The van der Waals surface area contributed by atoms with Crippen molar-refractivity contribution >= 4 is 34.9 Å².